The minimum Gasteiger partial charge on any atom is -0.481 e. The summed E-state index contributed by atoms with van der Waals surface area (Å²) in [7, 11) is 0. The molecule has 0 amide bonds. The average Bonchev–Trinajstić information content (AvgIpc) is 3.00. The van der Waals surface area contributed by atoms with Crippen molar-refractivity contribution in [2.75, 3.05) is 0 Å². The number of hydrogen-bond donors (Lipinski definition) is 2. The summed E-state index contributed by atoms with van der Waals surface area (Å²) in [5.74, 6) is 4.52. The first-order valence-electron chi connectivity index (χ1n) is 12.1. The molecule has 0 spiro atoms. The molecule has 4 aliphatic rings. The van der Waals surface area contributed by atoms with E-state index < -0.39 is 5.97 Å². The smallest absolute Gasteiger partial charge is 0.303 e. The molecule has 0 saturated heterocycles. The van der Waals surface area contributed by atoms with Gasteiger partial charge in [-0.25, -0.2) is 0 Å². The van der Waals surface area contributed by atoms with E-state index in [1.807, 2.05) is 0 Å². The minimum atomic E-state index is -0.644. The van der Waals surface area contributed by atoms with Crippen molar-refractivity contribution in [1.82, 2.24) is 0 Å². The average molecular weight is 391 g/mol. The third-order valence-corrected chi connectivity index (χ3v) is 10.8. The maximum atomic E-state index is 11.1. The number of aliphatic hydroxyl groups excluding tert-OH is 1. The molecule has 2 N–H and O–H groups in total. The lowest BCUT2D eigenvalue weighted by atomic mass is 9.42. The number of carboxylic acid groups (broad SMARTS) is 1. The van der Waals surface area contributed by atoms with Gasteiger partial charge in [-0.15, -0.1) is 0 Å². The van der Waals surface area contributed by atoms with E-state index >= 15 is 0 Å². The fourth-order valence-electron chi connectivity index (χ4n) is 9.09. The first kappa shape index (κ1) is 20.7. The molecule has 3 nitrogen and oxygen atoms in total. The third kappa shape index (κ3) is 3.06. The number of carbonyl (C=O) groups is 1. The quantitative estimate of drug-likeness (QED) is 0.642. The van der Waals surface area contributed by atoms with Crippen LogP contribution in [0, 0.1) is 52.3 Å². The molecule has 160 valence electrons. The maximum absolute atomic E-state index is 11.1. The molecule has 0 unspecified atom stereocenters. The third-order valence-electron chi connectivity index (χ3n) is 10.8. The SMILES string of the molecule is C[C@H](CCC(=O)O)[C@H]1CC[C@H]2[C@@H]3CC[C@@H]4C[C@H](O)CC[C@]4(C)[C@H]3C[C@@H](C)[C@]12C. The van der Waals surface area contributed by atoms with Crippen molar-refractivity contribution in [3.8, 4) is 0 Å². The van der Waals surface area contributed by atoms with Crippen LogP contribution in [0.2, 0.25) is 0 Å². The van der Waals surface area contributed by atoms with Crippen molar-refractivity contribution in [2.24, 2.45) is 52.3 Å². The Morgan fingerprint density at radius 3 is 2.54 bits per heavy atom. The molecular formula is C25H42O3. The zero-order valence-corrected chi connectivity index (χ0v) is 18.5. The van der Waals surface area contributed by atoms with Crippen LogP contribution in [0.25, 0.3) is 0 Å². The van der Waals surface area contributed by atoms with Gasteiger partial charge in [-0.3, -0.25) is 4.79 Å². The Balaban J connectivity index is 1.56. The number of aliphatic carboxylic acids is 1. The number of hydrogen-bond acceptors (Lipinski definition) is 2. The summed E-state index contributed by atoms with van der Waals surface area (Å²) in [5, 5.41) is 19.4. The molecule has 0 bridgehead atoms. The van der Waals surface area contributed by atoms with Crippen LogP contribution in [0.5, 0.6) is 0 Å². The summed E-state index contributed by atoms with van der Waals surface area (Å²) >= 11 is 0. The molecule has 0 aliphatic heterocycles. The van der Waals surface area contributed by atoms with E-state index in [2.05, 4.69) is 27.7 Å². The predicted molar refractivity (Wildman–Crippen MR) is 112 cm³/mol. The van der Waals surface area contributed by atoms with E-state index in [9.17, 15) is 9.90 Å². The number of aliphatic hydroxyl groups is 1. The highest BCUT2D eigenvalue weighted by atomic mass is 16.4. The van der Waals surface area contributed by atoms with Crippen molar-refractivity contribution in [2.45, 2.75) is 98.0 Å². The molecule has 0 radical (unpaired) electrons. The molecule has 0 aromatic heterocycles. The zero-order chi connectivity index (χ0) is 20.3. The van der Waals surface area contributed by atoms with E-state index in [-0.39, 0.29) is 6.10 Å². The summed E-state index contributed by atoms with van der Waals surface area (Å²) in [4.78, 5) is 11.1. The van der Waals surface area contributed by atoms with E-state index in [4.69, 9.17) is 5.11 Å². The Labute approximate surface area is 171 Å². The summed E-state index contributed by atoms with van der Waals surface area (Å²) in [6.07, 6.45) is 11.0. The van der Waals surface area contributed by atoms with Gasteiger partial charge >= 0.3 is 5.97 Å². The van der Waals surface area contributed by atoms with Gasteiger partial charge in [0.2, 0.25) is 0 Å². The molecule has 3 heteroatoms. The molecular weight excluding hydrogens is 348 g/mol. The second-order valence-corrected chi connectivity index (χ2v) is 11.7. The summed E-state index contributed by atoms with van der Waals surface area (Å²) in [6, 6.07) is 0. The largest absolute Gasteiger partial charge is 0.481 e. The lowest BCUT2D eigenvalue weighted by Crippen LogP contribution is -2.56. The van der Waals surface area contributed by atoms with Crippen molar-refractivity contribution in [3.05, 3.63) is 0 Å². The molecule has 4 saturated carbocycles. The molecule has 4 rings (SSSR count). The van der Waals surface area contributed by atoms with Gasteiger partial charge in [0.25, 0.3) is 0 Å². The van der Waals surface area contributed by atoms with Gasteiger partial charge in [-0.1, -0.05) is 27.7 Å². The van der Waals surface area contributed by atoms with Gasteiger partial charge in [0.1, 0.15) is 0 Å². The van der Waals surface area contributed by atoms with Crippen LogP contribution in [0.1, 0.15) is 91.9 Å². The Hall–Kier alpha value is -0.570. The summed E-state index contributed by atoms with van der Waals surface area (Å²) in [5.41, 5.74) is 0.821. The first-order chi connectivity index (χ1) is 13.2. The van der Waals surface area contributed by atoms with Crippen LogP contribution in [0.15, 0.2) is 0 Å². The lowest BCUT2D eigenvalue weighted by molar-refractivity contribution is -0.149. The van der Waals surface area contributed by atoms with Crippen LogP contribution >= 0.6 is 0 Å². The molecule has 0 aromatic carbocycles. The van der Waals surface area contributed by atoms with E-state index in [1.165, 1.54) is 38.5 Å². The Morgan fingerprint density at radius 1 is 1.07 bits per heavy atom. The normalized spacial score (nSPS) is 51.7. The second-order valence-electron chi connectivity index (χ2n) is 11.7. The molecule has 10 atom stereocenters. The molecule has 4 aliphatic carbocycles. The van der Waals surface area contributed by atoms with Gasteiger partial charge in [0, 0.05) is 6.42 Å². The summed E-state index contributed by atoms with van der Waals surface area (Å²) in [6.45, 7) is 9.97. The fraction of sp³-hybridized carbons (Fsp3) is 0.960. The Kier molecular flexibility index (Phi) is 5.39. The van der Waals surface area contributed by atoms with Crippen molar-refractivity contribution < 1.29 is 15.0 Å². The molecule has 0 heterocycles. The lowest BCUT2D eigenvalue weighted by Gasteiger charge is -2.63. The van der Waals surface area contributed by atoms with Gasteiger partial charge in [-0.2, -0.15) is 0 Å². The van der Waals surface area contributed by atoms with Crippen LogP contribution < -0.4 is 0 Å². The Bertz CT molecular complexity index is 603. The number of rotatable bonds is 4. The Morgan fingerprint density at radius 2 is 1.82 bits per heavy atom. The van der Waals surface area contributed by atoms with Gasteiger partial charge in [0.05, 0.1) is 6.10 Å². The van der Waals surface area contributed by atoms with Crippen LogP contribution in [0.4, 0.5) is 0 Å². The number of fused-ring (bicyclic) bond motifs is 5. The highest BCUT2D eigenvalue weighted by Gasteiger charge is 2.62. The van der Waals surface area contributed by atoms with Crippen LogP contribution in [-0.4, -0.2) is 22.3 Å². The molecule has 0 aromatic rings. The van der Waals surface area contributed by atoms with E-state index in [1.54, 1.807) is 0 Å². The first-order valence-corrected chi connectivity index (χ1v) is 12.1. The van der Waals surface area contributed by atoms with Crippen molar-refractivity contribution in [3.63, 3.8) is 0 Å². The van der Waals surface area contributed by atoms with Crippen molar-refractivity contribution in [1.29, 1.82) is 0 Å². The van der Waals surface area contributed by atoms with Gasteiger partial charge < -0.3 is 10.2 Å². The van der Waals surface area contributed by atoms with Gasteiger partial charge in [-0.05, 0) is 110 Å². The van der Waals surface area contributed by atoms with Crippen LogP contribution in [-0.2, 0) is 4.79 Å². The van der Waals surface area contributed by atoms with Crippen LogP contribution in [0.3, 0.4) is 0 Å². The van der Waals surface area contributed by atoms with E-state index in [0.29, 0.717) is 29.1 Å². The topological polar surface area (TPSA) is 57.5 Å². The second kappa shape index (κ2) is 7.29. The minimum absolute atomic E-state index is 0.0631. The maximum Gasteiger partial charge on any atom is 0.303 e. The highest BCUT2D eigenvalue weighted by molar-refractivity contribution is 5.66. The zero-order valence-electron chi connectivity index (χ0n) is 18.5. The monoisotopic (exact) mass is 390 g/mol. The van der Waals surface area contributed by atoms with Crippen molar-refractivity contribution >= 4 is 5.97 Å². The summed E-state index contributed by atoms with van der Waals surface area (Å²) < 4.78 is 0. The highest BCUT2D eigenvalue weighted by Crippen LogP contribution is 2.69. The predicted octanol–water partition coefficient (Wildman–Crippen LogP) is 5.75. The molecule has 4 fully saturated rings. The fourth-order valence-corrected chi connectivity index (χ4v) is 9.09. The van der Waals surface area contributed by atoms with E-state index in [0.717, 1.165) is 48.9 Å². The van der Waals surface area contributed by atoms with Gasteiger partial charge in [0.15, 0.2) is 0 Å². The standard InChI is InChI=1S/C25H42O3/c1-15(5-10-23(27)28)20-8-9-21-19-7-6-17-14-18(26)11-12-24(17,3)22(19)13-16(2)25(20,21)4/h15-22,26H,5-14H2,1-4H3,(H,27,28)/t15-,16-,17-,18-,19+,20-,21+,22+,24+,25-/m1/s1. The number of carboxylic acids is 1. The molecule has 28 heavy (non-hydrogen) atoms.